The zero-order chi connectivity index (χ0) is 13.3. The summed E-state index contributed by atoms with van der Waals surface area (Å²) < 4.78 is 29.3. The number of aromatic nitrogens is 4. The van der Waals surface area contributed by atoms with Crippen molar-refractivity contribution in [1.29, 1.82) is 0 Å². The molecule has 1 saturated heterocycles. The van der Waals surface area contributed by atoms with Crippen LogP contribution < -0.4 is 4.90 Å². The summed E-state index contributed by atoms with van der Waals surface area (Å²) in [6.45, 7) is 0.0404. The fraction of sp³-hybridized carbons (Fsp3) is 0.545. The minimum absolute atomic E-state index is 0.216. The van der Waals surface area contributed by atoms with E-state index in [4.69, 9.17) is 11.6 Å². The number of halogens is 3. The predicted molar refractivity (Wildman–Crippen MR) is 64.6 cm³/mol. The normalized spacial score (nSPS) is 23.4. The van der Waals surface area contributed by atoms with E-state index >= 15 is 0 Å². The Hall–Kier alpha value is -1.50. The van der Waals surface area contributed by atoms with Crippen LogP contribution >= 0.6 is 11.6 Å². The number of alkyl halides is 2. The summed E-state index contributed by atoms with van der Waals surface area (Å²) in [6, 6.07) is 1.57. The van der Waals surface area contributed by atoms with Gasteiger partial charge in [0.1, 0.15) is 6.33 Å². The lowest BCUT2D eigenvalue weighted by atomic mass is 10.0. The molecule has 2 aromatic rings. The van der Waals surface area contributed by atoms with Crippen LogP contribution in [0.5, 0.6) is 0 Å². The monoisotopic (exact) mass is 285 g/mol. The molecule has 0 radical (unpaired) electrons. The van der Waals surface area contributed by atoms with Crippen molar-refractivity contribution in [3.05, 3.63) is 17.5 Å². The van der Waals surface area contributed by atoms with E-state index in [-0.39, 0.29) is 11.7 Å². The van der Waals surface area contributed by atoms with Crippen LogP contribution in [0.4, 0.5) is 14.5 Å². The Morgan fingerprint density at radius 1 is 1.26 bits per heavy atom. The van der Waals surface area contributed by atoms with Crippen LogP contribution in [0.2, 0.25) is 5.15 Å². The van der Waals surface area contributed by atoms with E-state index in [1.165, 1.54) is 11.0 Å². The third kappa shape index (κ3) is 1.47. The molecule has 2 fully saturated rings. The van der Waals surface area contributed by atoms with Crippen LogP contribution in [0.3, 0.4) is 0 Å². The van der Waals surface area contributed by atoms with Gasteiger partial charge in [0.25, 0.3) is 5.92 Å². The Balaban J connectivity index is 1.81. The van der Waals surface area contributed by atoms with Gasteiger partial charge in [-0.25, -0.2) is 13.8 Å². The fourth-order valence-corrected chi connectivity index (χ4v) is 2.97. The second-order valence-electron chi connectivity index (χ2n) is 5.27. The second-order valence-corrected chi connectivity index (χ2v) is 5.65. The van der Waals surface area contributed by atoms with Crippen molar-refractivity contribution in [3.63, 3.8) is 0 Å². The highest BCUT2D eigenvalue weighted by Gasteiger charge is 2.67. The van der Waals surface area contributed by atoms with E-state index < -0.39 is 11.3 Å². The molecule has 1 aliphatic carbocycles. The third-order valence-corrected chi connectivity index (χ3v) is 4.24. The van der Waals surface area contributed by atoms with Gasteiger partial charge < -0.3 is 4.90 Å². The molecule has 19 heavy (non-hydrogen) atoms. The summed E-state index contributed by atoms with van der Waals surface area (Å²) in [7, 11) is 0. The van der Waals surface area contributed by atoms with E-state index in [1.54, 1.807) is 11.0 Å². The maximum absolute atomic E-state index is 14.0. The molecule has 0 atom stereocenters. The van der Waals surface area contributed by atoms with Gasteiger partial charge in [0.15, 0.2) is 10.8 Å². The smallest absolute Gasteiger partial charge is 0.272 e. The van der Waals surface area contributed by atoms with Crippen molar-refractivity contribution in [1.82, 2.24) is 19.8 Å². The molecule has 0 bridgehead atoms. The van der Waals surface area contributed by atoms with Crippen molar-refractivity contribution in [2.45, 2.75) is 18.8 Å². The first kappa shape index (κ1) is 11.3. The van der Waals surface area contributed by atoms with Crippen LogP contribution in [0, 0.1) is 5.41 Å². The highest BCUT2D eigenvalue weighted by molar-refractivity contribution is 6.29. The first-order valence-electron chi connectivity index (χ1n) is 6.00. The zero-order valence-electron chi connectivity index (χ0n) is 9.85. The molecule has 1 aliphatic heterocycles. The SMILES string of the molecule is FC1(F)CN(c2cc(Cl)nn3ncnc23)CC12CC2. The van der Waals surface area contributed by atoms with Gasteiger partial charge in [-0.1, -0.05) is 11.6 Å². The molecule has 4 rings (SSSR count). The Kier molecular flexibility index (Phi) is 1.99. The van der Waals surface area contributed by atoms with Gasteiger partial charge in [-0.2, -0.15) is 0 Å². The van der Waals surface area contributed by atoms with Crippen LogP contribution in [0.15, 0.2) is 12.4 Å². The third-order valence-electron chi connectivity index (χ3n) is 4.06. The van der Waals surface area contributed by atoms with Crippen molar-refractivity contribution >= 4 is 22.9 Å². The molecule has 5 nitrogen and oxygen atoms in total. The maximum Gasteiger partial charge on any atom is 0.272 e. The van der Waals surface area contributed by atoms with Gasteiger partial charge in [0, 0.05) is 12.6 Å². The summed E-state index contributed by atoms with van der Waals surface area (Å²) in [6.07, 6.45) is 2.50. The van der Waals surface area contributed by atoms with E-state index in [1.807, 2.05) is 0 Å². The summed E-state index contributed by atoms with van der Waals surface area (Å²) in [5.74, 6) is -2.65. The number of rotatable bonds is 1. The minimum Gasteiger partial charge on any atom is -0.361 e. The molecule has 0 aromatic carbocycles. The largest absolute Gasteiger partial charge is 0.361 e. The van der Waals surface area contributed by atoms with Gasteiger partial charge >= 0.3 is 0 Å². The van der Waals surface area contributed by atoms with E-state index in [0.717, 1.165) is 0 Å². The van der Waals surface area contributed by atoms with Crippen molar-refractivity contribution in [2.24, 2.45) is 5.41 Å². The highest BCUT2D eigenvalue weighted by Crippen LogP contribution is 2.61. The molecule has 0 N–H and O–H groups in total. The quantitative estimate of drug-likeness (QED) is 0.804. The highest BCUT2D eigenvalue weighted by atomic mass is 35.5. The molecule has 3 heterocycles. The van der Waals surface area contributed by atoms with Crippen LogP contribution in [-0.2, 0) is 0 Å². The molecule has 2 aliphatic rings. The summed E-state index contributed by atoms with van der Waals surface area (Å²) in [4.78, 5) is 5.71. The van der Waals surface area contributed by atoms with Crippen LogP contribution in [0.25, 0.3) is 5.65 Å². The first-order chi connectivity index (χ1) is 9.01. The summed E-state index contributed by atoms with van der Waals surface area (Å²) in [5.41, 5.74) is 0.179. The van der Waals surface area contributed by atoms with Gasteiger partial charge in [-0.15, -0.1) is 14.8 Å². The van der Waals surface area contributed by atoms with Gasteiger partial charge in [-0.3, -0.25) is 0 Å². The maximum atomic E-state index is 14.0. The Labute approximate surface area is 112 Å². The lowest BCUT2D eigenvalue weighted by Gasteiger charge is -2.18. The summed E-state index contributed by atoms with van der Waals surface area (Å²) >= 11 is 5.90. The Morgan fingerprint density at radius 3 is 2.74 bits per heavy atom. The van der Waals surface area contributed by atoms with Crippen molar-refractivity contribution < 1.29 is 8.78 Å². The average molecular weight is 286 g/mol. The second kappa shape index (κ2) is 3.33. The van der Waals surface area contributed by atoms with Crippen LogP contribution in [0.1, 0.15) is 12.8 Å². The molecular weight excluding hydrogens is 276 g/mol. The molecule has 1 spiro atoms. The van der Waals surface area contributed by atoms with E-state index in [2.05, 4.69) is 15.2 Å². The van der Waals surface area contributed by atoms with Gasteiger partial charge in [-0.05, 0) is 12.8 Å². The Bertz CT molecular complexity index is 660. The number of hydrogen-bond donors (Lipinski definition) is 0. The average Bonchev–Trinajstić information content (AvgIpc) is 2.89. The summed E-state index contributed by atoms with van der Waals surface area (Å²) in [5, 5.41) is 8.06. The standard InChI is InChI=1S/C11H10ClF2N5/c12-8-3-7(9-15-6-16-19(9)17-8)18-4-10(1-2-10)11(13,14)5-18/h3,6H,1-2,4-5H2. The van der Waals surface area contributed by atoms with Gasteiger partial charge in [0.2, 0.25) is 0 Å². The number of nitrogens with zero attached hydrogens (tertiary/aromatic N) is 5. The van der Waals surface area contributed by atoms with Gasteiger partial charge in [0.05, 0.1) is 17.6 Å². The van der Waals surface area contributed by atoms with E-state index in [9.17, 15) is 8.78 Å². The Morgan fingerprint density at radius 2 is 2.05 bits per heavy atom. The topological polar surface area (TPSA) is 46.3 Å². The number of fused-ring (bicyclic) bond motifs is 1. The van der Waals surface area contributed by atoms with Crippen LogP contribution in [-0.4, -0.2) is 38.8 Å². The first-order valence-corrected chi connectivity index (χ1v) is 6.38. The zero-order valence-corrected chi connectivity index (χ0v) is 10.6. The molecular formula is C11H10ClF2N5. The van der Waals surface area contributed by atoms with Crippen molar-refractivity contribution in [3.8, 4) is 0 Å². The molecule has 0 amide bonds. The molecule has 2 aromatic heterocycles. The molecule has 8 heteroatoms. The predicted octanol–water partition coefficient (Wildman–Crippen LogP) is 2.01. The lowest BCUT2D eigenvalue weighted by molar-refractivity contribution is -0.0334. The minimum atomic E-state index is -2.65. The fourth-order valence-electron chi connectivity index (χ4n) is 2.80. The molecule has 100 valence electrons. The lowest BCUT2D eigenvalue weighted by Crippen LogP contribution is -2.28. The molecule has 1 saturated carbocycles. The number of hydrogen-bond acceptors (Lipinski definition) is 4. The van der Waals surface area contributed by atoms with E-state index in [0.29, 0.717) is 30.7 Å². The number of anilines is 1. The van der Waals surface area contributed by atoms with Crippen molar-refractivity contribution in [2.75, 3.05) is 18.0 Å². The molecule has 0 unspecified atom stereocenters.